The fraction of sp³-hybridized carbons (Fsp3) is 0.267. The van der Waals surface area contributed by atoms with E-state index in [1.54, 1.807) is 38.1 Å². The molecular weight excluding hydrogens is 288 g/mol. The molecule has 2 rings (SSSR count). The maximum atomic E-state index is 12.0. The molecule has 2 aromatic rings. The minimum absolute atomic E-state index is 0.00476. The lowest BCUT2D eigenvalue weighted by Gasteiger charge is -2.07. The van der Waals surface area contributed by atoms with Crippen LogP contribution in [0.4, 0.5) is 10.5 Å². The maximum Gasteiger partial charge on any atom is 0.411 e. The van der Waals surface area contributed by atoms with Gasteiger partial charge < -0.3 is 14.0 Å². The monoisotopic (exact) mass is 304 g/mol. The van der Waals surface area contributed by atoms with Gasteiger partial charge in [-0.3, -0.25) is 5.32 Å². The molecular formula is C15H16N2O5. The van der Waals surface area contributed by atoms with E-state index in [0.29, 0.717) is 22.7 Å². The predicted octanol–water partition coefficient (Wildman–Crippen LogP) is 2.91. The molecule has 7 nitrogen and oxygen atoms in total. The molecule has 1 aromatic heterocycles. The van der Waals surface area contributed by atoms with Crippen LogP contribution in [0.25, 0.3) is 0 Å². The number of rotatable bonds is 5. The lowest BCUT2D eigenvalue weighted by atomic mass is 10.2. The van der Waals surface area contributed by atoms with Crippen molar-refractivity contribution >= 4 is 17.7 Å². The van der Waals surface area contributed by atoms with Gasteiger partial charge in [-0.2, -0.15) is 0 Å². The number of carbonyl (C=O) groups is 2. The van der Waals surface area contributed by atoms with Gasteiger partial charge in [-0.25, -0.2) is 9.59 Å². The van der Waals surface area contributed by atoms with Gasteiger partial charge in [0.1, 0.15) is 0 Å². The Kier molecular flexibility index (Phi) is 5.13. The Morgan fingerprint density at radius 2 is 2.09 bits per heavy atom. The topological polar surface area (TPSA) is 90.7 Å². The van der Waals surface area contributed by atoms with Gasteiger partial charge in [0.2, 0.25) is 0 Å². The summed E-state index contributed by atoms with van der Waals surface area (Å²) in [7, 11) is 0. The van der Waals surface area contributed by atoms with Crippen LogP contribution < -0.4 is 5.32 Å². The number of nitrogens with zero attached hydrogens (tertiary/aromatic N) is 1. The number of anilines is 1. The third-order valence-corrected chi connectivity index (χ3v) is 2.64. The van der Waals surface area contributed by atoms with Gasteiger partial charge >= 0.3 is 12.1 Å². The average Bonchev–Trinajstić information content (AvgIpc) is 2.91. The molecule has 0 aliphatic heterocycles. The molecule has 0 fully saturated rings. The smallest absolute Gasteiger partial charge is 0.411 e. The van der Waals surface area contributed by atoms with Crippen molar-refractivity contribution in [3.63, 3.8) is 0 Å². The number of ether oxygens (including phenoxy) is 2. The molecule has 0 saturated carbocycles. The summed E-state index contributed by atoms with van der Waals surface area (Å²) >= 11 is 0. The van der Waals surface area contributed by atoms with E-state index in [9.17, 15) is 9.59 Å². The Morgan fingerprint density at radius 3 is 2.77 bits per heavy atom. The number of amides is 1. The number of hydrogen-bond acceptors (Lipinski definition) is 6. The number of hydrogen-bond donors (Lipinski definition) is 1. The Morgan fingerprint density at radius 1 is 1.27 bits per heavy atom. The molecule has 1 N–H and O–H groups in total. The van der Waals surface area contributed by atoms with E-state index < -0.39 is 12.1 Å². The lowest BCUT2D eigenvalue weighted by Crippen LogP contribution is -2.14. The highest BCUT2D eigenvalue weighted by Crippen LogP contribution is 2.13. The van der Waals surface area contributed by atoms with Gasteiger partial charge in [0, 0.05) is 11.8 Å². The highest BCUT2D eigenvalue weighted by atomic mass is 16.6. The lowest BCUT2D eigenvalue weighted by molar-refractivity contribution is 0.0437. The van der Waals surface area contributed by atoms with E-state index in [1.165, 1.54) is 6.07 Å². The zero-order valence-electron chi connectivity index (χ0n) is 12.3. The van der Waals surface area contributed by atoms with Gasteiger partial charge in [0.15, 0.2) is 12.4 Å². The van der Waals surface area contributed by atoms with Crippen molar-refractivity contribution in [2.75, 3.05) is 11.9 Å². The summed E-state index contributed by atoms with van der Waals surface area (Å²) in [6, 6.07) is 8.06. The van der Waals surface area contributed by atoms with Crippen molar-refractivity contribution in [3.8, 4) is 0 Å². The first-order valence-electron chi connectivity index (χ1n) is 6.71. The second kappa shape index (κ2) is 7.26. The molecule has 1 heterocycles. The highest BCUT2D eigenvalue weighted by molar-refractivity contribution is 5.92. The van der Waals surface area contributed by atoms with Crippen LogP contribution in [0.5, 0.6) is 0 Å². The average molecular weight is 304 g/mol. The fourth-order valence-corrected chi connectivity index (χ4v) is 1.71. The third kappa shape index (κ3) is 4.34. The van der Waals surface area contributed by atoms with Crippen molar-refractivity contribution in [2.24, 2.45) is 0 Å². The zero-order chi connectivity index (χ0) is 15.9. The minimum atomic E-state index is -0.579. The van der Waals surface area contributed by atoms with Gasteiger partial charge in [-0.1, -0.05) is 11.2 Å². The fourth-order valence-electron chi connectivity index (χ4n) is 1.71. The Balaban J connectivity index is 1.96. The summed E-state index contributed by atoms with van der Waals surface area (Å²) in [6.07, 6.45) is -0.579. The first-order chi connectivity index (χ1) is 10.6. The molecule has 1 aromatic carbocycles. The standard InChI is InChI=1S/C15H16N2O5/c1-3-20-15(19)16-12-6-4-5-11(8-12)14(18)21-9-13-7-10(2)17-22-13/h4-8H,3,9H2,1-2H3,(H,16,19). The molecule has 0 aliphatic carbocycles. The van der Waals surface area contributed by atoms with E-state index >= 15 is 0 Å². The first-order valence-corrected chi connectivity index (χ1v) is 6.71. The van der Waals surface area contributed by atoms with Crippen LogP contribution in [0.15, 0.2) is 34.9 Å². The van der Waals surface area contributed by atoms with E-state index in [0.717, 1.165) is 0 Å². The molecule has 7 heteroatoms. The predicted molar refractivity (Wildman–Crippen MR) is 77.4 cm³/mol. The molecule has 0 bridgehead atoms. The molecule has 116 valence electrons. The second-order valence-electron chi connectivity index (χ2n) is 4.44. The van der Waals surface area contributed by atoms with Gasteiger partial charge in [-0.15, -0.1) is 0 Å². The number of nitrogens with one attached hydrogen (secondary N) is 1. The molecule has 0 spiro atoms. The molecule has 22 heavy (non-hydrogen) atoms. The number of aromatic nitrogens is 1. The second-order valence-corrected chi connectivity index (χ2v) is 4.44. The largest absolute Gasteiger partial charge is 0.454 e. The Hall–Kier alpha value is -2.83. The summed E-state index contributed by atoms with van der Waals surface area (Å²) in [4.78, 5) is 23.3. The number of aryl methyl sites for hydroxylation is 1. The number of esters is 1. The van der Waals surface area contributed by atoms with E-state index in [1.807, 2.05) is 0 Å². The zero-order valence-corrected chi connectivity index (χ0v) is 12.3. The van der Waals surface area contributed by atoms with E-state index in [4.69, 9.17) is 14.0 Å². The van der Waals surface area contributed by atoms with Gasteiger partial charge in [0.25, 0.3) is 0 Å². The maximum absolute atomic E-state index is 12.0. The van der Waals surface area contributed by atoms with E-state index in [2.05, 4.69) is 10.5 Å². The minimum Gasteiger partial charge on any atom is -0.454 e. The number of benzene rings is 1. The molecule has 0 aliphatic rings. The summed E-state index contributed by atoms with van der Waals surface area (Å²) in [5.74, 6) is -0.0618. The van der Waals surface area contributed by atoms with Crippen LogP contribution in [0.2, 0.25) is 0 Å². The number of carbonyl (C=O) groups excluding carboxylic acids is 2. The normalized spacial score (nSPS) is 10.1. The van der Waals surface area contributed by atoms with Crippen LogP contribution in [-0.2, 0) is 16.1 Å². The summed E-state index contributed by atoms with van der Waals surface area (Å²) < 4.78 is 14.8. The van der Waals surface area contributed by atoms with Crippen molar-refractivity contribution in [3.05, 3.63) is 47.3 Å². The Bertz CT molecular complexity index is 665. The Labute approximate surface area is 127 Å². The summed E-state index contributed by atoms with van der Waals surface area (Å²) in [5, 5.41) is 6.22. The van der Waals surface area contributed by atoms with Crippen LogP contribution >= 0.6 is 0 Å². The van der Waals surface area contributed by atoms with Crippen LogP contribution in [-0.4, -0.2) is 23.8 Å². The molecule has 0 radical (unpaired) electrons. The first kappa shape index (κ1) is 15.6. The van der Waals surface area contributed by atoms with Crippen molar-refractivity contribution in [1.82, 2.24) is 5.16 Å². The quantitative estimate of drug-likeness (QED) is 0.854. The van der Waals surface area contributed by atoms with Crippen LogP contribution in [0, 0.1) is 6.92 Å². The summed E-state index contributed by atoms with van der Waals surface area (Å²) in [6.45, 7) is 3.75. The molecule has 0 atom stereocenters. The van der Waals surface area contributed by atoms with Crippen molar-refractivity contribution in [2.45, 2.75) is 20.5 Å². The molecule has 0 unspecified atom stereocenters. The van der Waals surface area contributed by atoms with Crippen LogP contribution in [0.1, 0.15) is 28.7 Å². The molecule has 0 saturated heterocycles. The SMILES string of the molecule is CCOC(=O)Nc1cccc(C(=O)OCc2cc(C)no2)c1. The van der Waals surface area contributed by atoms with Crippen molar-refractivity contribution in [1.29, 1.82) is 0 Å². The summed E-state index contributed by atoms with van der Waals surface area (Å²) in [5.41, 5.74) is 1.47. The highest BCUT2D eigenvalue weighted by Gasteiger charge is 2.11. The van der Waals surface area contributed by atoms with Gasteiger partial charge in [0.05, 0.1) is 17.9 Å². The van der Waals surface area contributed by atoms with Crippen LogP contribution in [0.3, 0.4) is 0 Å². The van der Waals surface area contributed by atoms with Gasteiger partial charge in [-0.05, 0) is 32.0 Å². The van der Waals surface area contributed by atoms with E-state index in [-0.39, 0.29) is 13.2 Å². The van der Waals surface area contributed by atoms with Crippen molar-refractivity contribution < 1.29 is 23.6 Å². The third-order valence-electron chi connectivity index (χ3n) is 2.64. The molecule has 1 amide bonds.